The van der Waals surface area contributed by atoms with Gasteiger partial charge in [0.05, 0.1) is 43.0 Å². The smallest absolute Gasteiger partial charge is 0.416 e. The number of halogens is 3. The molecule has 0 saturated heterocycles. The van der Waals surface area contributed by atoms with Gasteiger partial charge in [-0.05, 0) is 60.5 Å². The minimum absolute atomic E-state index is 0.0844. The van der Waals surface area contributed by atoms with Crippen LogP contribution in [0, 0.1) is 6.92 Å². The van der Waals surface area contributed by atoms with Crippen LogP contribution >= 0.6 is 0 Å². The van der Waals surface area contributed by atoms with Gasteiger partial charge in [0, 0.05) is 35.3 Å². The van der Waals surface area contributed by atoms with Crippen molar-refractivity contribution >= 4 is 17.2 Å². The van der Waals surface area contributed by atoms with Gasteiger partial charge < -0.3 is 10.1 Å². The highest BCUT2D eigenvalue weighted by Crippen LogP contribution is 2.30. The molecule has 8 nitrogen and oxygen atoms in total. The number of carbonyl (C=O) groups excluding carboxylic acids is 1. The van der Waals surface area contributed by atoms with Gasteiger partial charge in [0.1, 0.15) is 5.75 Å². The van der Waals surface area contributed by atoms with Gasteiger partial charge in [-0.1, -0.05) is 24.3 Å². The predicted molar refractivity (Wildman–Crippen MR) is 152 cm³/mol. The zero-order chi connectivity index (χ0) is 29.4. The SMILES string of the molecule is COc1ccc(Cn2cc(-c3cnc4ccn(-c5cc(NC(=O)c6cccc(C(F)(F)F)c6)ccc5C)n34)cn2)cc1. The van der Waals surface area contributed by atoms with Crippen LogP contribution in [-0.2, 0) is 12.7 Å². The number of nitrogens with zero attached hydrogens (tertiary/aromatic N) is 5. The summed E-state index contributed by atoms with van der Waals surface area (Å²) in [6, 6.07) is 19.3. The second-order valence-electron chi connectivity index (χ2n) is 9.78. The standard InChI is InChI=1S/C31H25F3N6O2/c1-20-6-9-25(37-30(41)22-4-3-5-24(14-22)31(32,33)34)15-27(20)39-13-12-29-35-17-28(40(29)39)23-16-36-38(19-23)18-21-7-10-26(42-2)11-8-21/h3-17,19H,18H2,1-2H3,(H,37,41). The van der Waals surface area contributed by atoms with Crippen LogP contribution in [0.2, 0.25) is 0 Å². The van der Waals surface area contributed by atoms with Crippen molar-refractivity contribution in [3.8, 4) is 22.7 Å². The Morgan fingerprint density at radius 3 is 2.57 bits per heavy atom. The molecule has 0 fully saturated rings. The lowest BCUT2D eigenvalue weighted by Crippen LogP contribution is -2.14. The zero-order valence-corrected chi connectivity index (χ0v) is 22.6. The molecule has 0 aliphatic heterocycles. The molecule has 0 spiro atoms. The van der Waals surface area contributed by atoms with Crippen molar-refractivity contribution in [3.63, 3.8) is 0 Å². The Kier molecular flexibility index (Phi) is 6.77. The third kappa shape index (κ3) is 5.24. The Morgan fingerprint density at radius 2 is 1.81 bits per heavy atom. The Hall–Kier alpha value is -5.32. The molecule has 1 N–H and O–H groups in total. The van der Waals surface area contributed by atoms with Crippen molar-refractivity contribution in [1.29, 1.82) is 0 Å². The first-order chi connectivity index (χ1) is 20.2. The number of methoxy groups -OCH3 is 1. The molecule has 0 aliphatic carbocycles. The number of fused-ring (bicyclic) bond motifs is 1. The Bertz CT molecular complexity index is 1900. The number of hydrogen-bond acceptors (Lipinski definition) is 4. The highest BCUT2D eigenvalue weighted by atomic mass is 19.4. The maximum Gasteiger partial charge on any atom is 0.416 e. The van der Waals surface area contributed by atoms with E-state index in [4.69, 9.17) is 4.74 Å². The van der Waals surface area contributed by atoms with Gasteiger partial charge in [0.2, 0.25) is 0 Å². The van der Waals surface area contributed by atoms with Crippen molar-refractivity contribution in [1.82, 2.24) is 24.0 Å². The molecule has 1 amide bonds. The summed E-state index contributed by atoms with van der Waals surface area (Å²) in [6.45, 7) is 2.52. The largest absolute Gasteiger partial charge is 0.497 e. The van der Waals surface area contributed by atoms with E-state index in [1.165, 1.54) is 12.1 Å². The number of hydrogen-bond donors (Lipinski definition) is 1. The van der Waals surface area contributed by atoms with E-state index in [0.717, 1.165) is 46.0 Å². The van der Waals surface area contributed by atoms with E-state index in [1.807, 2.05) is 69.6 Å². The quantitative estimate of drug-likeness (QED) is 0.234. The first-order valence-corrected chi connectivity index (χ1v) is 13.0. The number of rotatable bonds is 7. The monoisotopic (exact) mass is 570 g/mol. The minimum atomic E-state index is -4.54. The molecular formula is C31H25F3N6O2. The van der Waals surface area contributed by atoms with Gasteiger partial charge >= 0.3 is 6.18 Å². The second-order valence-corrected chi connectivity index (χ2v) is 9.78. The van der Waals surface area contributed by atoms with Gasteiger partial charge in [-0.2, -0.15) is 18.3 Å². The highest BCUT2D eigenvalue weighted by Gasteiger charge is 2.31. The van der Waals surface area contributed by atoms with Gasteiger partial charge in [0.15, 0.2) is 5.65 Å². The summed E-state index contributed by atoms with van der Waals surface area (Å²) in [4.78, 5) is 17.4. The summed E-state index contributed by atoms with van der Waals surface area (Å²) in [6.07, 6.45) is 2.83. The fourth-order valence-electron chi connectivity index (χ4n) is 4.76. The molecule has 42 heavy (non-hydrogen) atoms. The maximum atomic E-state index is 13.1. The summed E-state index contributed by atoms with van der Waals surface area (Å²) in [5, 5.41) is 7.26. The zero-order valence-electron chi connectivity index (χ0n) is 22.6. The van der Waals surface area contributed by atoms with Crippen molar-refractivity contribution in [2.24, 2.45) is 0 Å². The molecule has 6 aromatic rings. The average molecular weight is 571 g/mol. The summed E-state index contributed by atoms with van der Waals surface area (Å²) in [7, 11) is 1.63. The number of benzene rings is 3. The first kappa shape index (κ1) is 26.9. The van der Waals surface area contributed by atoms with E-state index in [-0.39, 0.29) is 5.56 Å². The molecule has 0 atom stereocenters. The highest BCUT2D eigenvalue weighted by molar-refractivity contribution is 6.04. The number of carbonyl (C=O) groups is 1. The van der Waals surface area contributed by atoms with Gasteiger partial charge in [-0.15, -0.1) is 0 Å². The second kappa shape index (κ2) is 10.6. The maximum absolute atomic E-state index is 13.1. The van der Waals surface area contributed by atoms with E-state index in [1.54, 1.807) is 31.6 Å². The lowest BCUT2D eigenvalue weighted by Gasteiger charge is -2.14. The van der Waals surface area contributed by atoms with Crippen LogP contribution in [0.5, 0.6) is 5.75 Å². The van der Waals surface area contributed by atoms with E-state index in [0.29, 0.717) is 17.9 Å². The van der Waals surface area contributed by atoms with E-state index >= 15 is 0 Å². The van der Waals surface area contributed by atoms with E-state index < -0.39 is 17.6 Å². The minimum Gasteiger partial charge on any atom is -0.497 e. The average Bonchev–Trinajstić information content (AvgIpc) is 3.71. The molecule has 0 bridgehead atoms. The van der Waals surface area contributed by atoms with Crippen LogP contribution in [0.25, 0.3) is 22.6 Å². The molecule has 11 heteroatoms. The number of nitrogens with one attached hydrogen (secondary N) is 1. The fourth-order valence-corrected chi connectivity index (χ4v) is 4.76. The van der Waals surface area contributed by atoms with Crippen molar-refractivity contribution < 1.29 is 22.7 Å². The molecule has 0 radical (unpaired) electrons. The normalized spacial score (nSPS) is 11.6. The molecule has 212 valence electrons. The number of ether oxygens (including phenoxy) is 1. The molecule has 6 rings (SSSR count). The molecule has 0 aliphatic rings. The van der Waals surface area contributed by atoms with Gasteiger partial charge in [0.25, 0.3) is 5.91 Å². The fraction of sp³-hybridized carbons (Fsp3) is 0.129. The Labute approximate surface area is 238 Å². The number of amides is 1. The van der Waals surface area contributed by atoms with Crippen molar-refractivity contribution in [2.45, 2.75) is 19.6 Å². The van der Waals surface area contributed by atoms with Crippen LogP contribution < -0.4 is 10.1 Å². The van der Waals surface area contributed by atoms with E-state index in [2.05, 4.69) is 15.4 Å². The molecule has 3 heterocycles. The lowest BCUT2D eigenvalue weighted by atomic mass is 10.1. The molecule has 0 unspecified atom stereocenters. The van der Waals surface area contributed by atoms with Crippen LogP contribution in [0.3, 0.4) is 0 Å². The van der Waals surface area contributed by atoms with Gasteiger partial charge in [-0.3, -0.25) is 14.2 Å². The van der Waals surface area contributed by atoms with Crippen LogP contribution in [-0.4, -0.2) is 37.0 Å². The van der Waals surface area contributed by atoms with Crippen LogP contribution in [0.4, 0.5) is 18.9 Å². The summed E-state index contributed by atoms with van der Waals surface area (Å²) in [5.41, 5.74) is 4.62. The first-order valence-electron chi connectivity index (χ1n) is 13.0. The summed E-state index contributed by atoms with van der Waals surface area (Å²) in [5.74, 6) is 0.151. The number of aromatic nitrogens is 5. The van der Waals surface area contributed by atoms with Gasteiger partial charge in [-0.25, -0.2) is 9.50 Å². The molecule has 0 saturated carbocycles. The van der Waals surface area contributed by atoms with Crippen LogP contribution in [0.1, 0.15) is 27.0 Å². The molecular weight excluding hydrogens is 545 g/mol. The third-order valence-corrected chi connectivity index (χ3v) is 6.94. The number of anilines is 1. The third-order valence-electron chi connectivity index (χ3n) is 6.94. The number of aryl methyl sites for hydroxylation is 1. The van der Waals surface area contributed by atoms with E-state index in [9.17, 15) is 18.0 Å². The molecule has 3 aromatic heterocycles. The Balaban J connectivity index is 1.29. The predicted octanol–water partition coefficient (Wildman–Crippen LogP) is 6.62. The summed E-state index contributed by atoms with van der Waals surface area (Å²) < 4.78 is 50.4. The summed E-state index contributed by atoms with van der Waals surface area (Å²) >= 11 is 0. The Morgan fingerprint density at radius 1 is 1.00 bits per heavy atom. The van der Waals surface area contributed by atoms with Crippen LogP contribution in [0.15, 0.2) is 97.6 Å². The van der Waals surface area contributed by atoms with Crippen molar-refractivity contribution in [3.05, 3.63) is 120 Å². The number of alkyl halides is 3. The topological polar surface area (TPSA) is 78.4 Å². The molecule has 3 aromatic carbocycles. The van der Waals surface area contributed by atoms with Crippen molar-refractivity contribution in [2.75, 3.05) is 12.4 Å². The lowest BCUT2D eigenvalue weighted by molar-refractivity contribution is -0.137. The number of imidazole rings is 1.